The number of hydrogen-bond acceptors (Lipinski definition) is 5. The normalized spacial score (nSPS) is 16.0. The van der Waals surface area contributed by atoms with Gasteiger partial charge in [0.15, 0.2) is 5.58 Å². The minimum atomic E-state index is -0.296. The van der Waals surface area contributed by atoms with Crippen molar-refractivity contribution >= 4 is 22.7 Å². The number of oxazole rings is 1. The van der Waals surface area contributed by atoms with Crippen LogP contribution >= 0.6 is 11.6 Å². The summed E-state index contributed by atoms with van der Waals surface area (Å²) in [6.07, 6.45) is 0. The highest BCUT2D eigenvalue weighted by atomic mass is 35.5. The molecule has 3 aromatic rings. The molecule has 0 atom stereocenters. The number of halogens is 1. The van der Waals surface area contributed by atoms with E-state index in [0.717, 1.165) is 44.0 Å². The van der Waals surface area contributed by atoms with E-state index in [-0.39, 0.29) is 5.76 Å². The van der Waals surface area contributed by atoms with Crippen molar-refractivity contribution in [1.82, 2.24) is 14.4 Å². The van der Waals surface area contributed by atoms with Gasteiger partial charge in [-0.05, 0) is 36.4 Å². The second-order valence-corrected chi connectivity index (χ2v) is 7.10. The van der Waals surface area contributed by atoms with Gasteiger partial charge in [0, 0.05) is 37.7 Å². The Kier molecular flexibility index (Phi) is 5.48. The Bertz CT molecular complexity index is 943. The molecule has 1 saturated heterocycles. The van der Waals surface area contributed by atoms with E-state index in [4.69, 9.17) is 20.8 Å². The molecule has 0 bridgehead atoms. The van der Waals surface area contributed by atoms with Crippen molar-refractivity contribution in [3.8, 4) is 5.75 Å². The summed E-state index contributed by atoms with van der Waals surface area (Å²) in [4.78, 5) is 16.8. The standard InChI is InChI=1S/C20H22ClN3O3/c21-16-5-7-17(8-6-16)26-14-13-22-9-11-23(12-10-22)15-24-18-3-1-2-4-19(18)27-20(24)25/h1-8H,9-15H2. The Morgan fingerprint density at radius 1 is 0.963 bits per heavy atom. The van der Waals surface area contributed by atoms with Gasteiger partial charge in [0.1, 0.15) is 12.4 Å². The molecule has 142 valence electrons. The molecular weight excluding hydrogens is 366 g/mol. The fourth-order valence-electron chi connectivity index (χ4n) is 3.33. The lowest BCUT2D eigenvalue weighted by atomic mass is 10.3. The zero-order chi connectivity index (χ0) is 18.6. The molecule has 0 spiro atoms. The maximum Gasteiger partial charge on any atom is 0.421 e. The number of hydrogen-bond donors (Lipinski definition) is 0. The predicted octanol–water partition coefficient (Wildman–Crippen LogP) is 2.90. The Labute approximate surface area is 162 Å². The third-order valence-electron chi connectivity index (χ3n) is 4.87. The molecule has 0 radical (unpaired) electrons. The summed E-state index contributed by atoms with van der Waals surface area (Å²) in [5, 5.41) is 0.711. The van der Waals surface area contributed by atoms with Crippen molar-refractivity contribution in [3.05, 3.63) is 64.1 Å². The third kappa shape index (κ3) is 4.35. The number of rotatable bonds is 6. The molecule has 2 heterocycles. The second-order valence-electron chi connectivity index (χ2n) is 6.67. The number of benzene rings is 2. The lowest BCUT2D eigenvalue weighted by Crippen LogP contribution is -2.48. The van der Waals surface area contributed by atoms with Crippen LogP contribution in [0.3, 0.4) is 0 Å². The summed E-state index contributed by atoms with van der Waals surface area (Å²) >= 11 is 5.88. The van der Waals surface area contributed by atoms with E-state index in [1.807, 2.05) is 48.5 Å². The maximum atomic E-state index is 12.1. The molecule has 0 N–H and O–H groups in total. The van der Waals surface area contributed by atoms with Crippen LogP contribution in [0.15, 0.2) is 57.7 Å². The van der Waals surface area contributed by atoms with Gasteiger partial charge in [0.25, 0.3) is 0 Å². The van der Waals surface area contributed by atoms with E-state index in [0.29, 0.717) is 23.9 Å². The van der Waals surface area contributed by atoms with Crippen LogP contribution in [0.1, 0.15) is 0 Å². The molecule has 27 heavy (non-hydrogen) atoms. The monoisotopic (exact) mass is 387 g/mol. The molecule has 0 amide bonds. The van der Waals surface area contributed by atoms with Crippen LogP contribution in [0.5, 0.6) is 5.75 Å². The van der Waals surface area contributed by atoms with Crippen LogP contribution in [0.4, 0.5) is 0 Å². The summed E-state index contributed by atoms with van der Waals surface area (Å²) < 4.78 is 12.8. The van der Waals surface area contributed by atoms with Gasteiger partial charge < -0.3 is 9.15 Å². The first kappa shape index (κ1) is 18.1. The smallest absolute Gasteiger partial charge is 0.421 e. The van der Waals surface area contributed by atoms with Crippen LogP contribution in [0, 0.1) is 0 Å². The molecule has 0 saturated carbocycles. The number of para-hydroxylation sites is 2. The van der Waals surface area contributed by atoms with E-state index in [9.17, 15) is 4.79 Å². The van der Waals surface area contributed by atoms with E-state index < -0.39 is 0 Å². The van der Waals surface area contributed by atoms with Gasteiger partial charge in [-0.25, -0.2) is 4.79 Å². The molecule has 0 unspecified atom stereocenters. The lowest BCUT2D eigenvalue weighted by Gasteiger charge is -2.34. The van der Waals surface area contributed by atoms with Crippen LogP contribution < -0.4 is 10.5 Å². The van der Waals surface area contributed by atoms with Gasteiger partial charge in [0.05, 0.1) is 12.2 Å². The maximum absolute atomic E-state index is 12.1. The molecule has 1 fully saturated rings. The highest BCUT2D eigenvalue weighted by molar-refractivity contribution is 6.30. The number of ether oxygens (including phenoxy) is 1. The van der Waals surface area contributed by atoms with Crippen molar-refractivity contribution in [2.24, 2.45) is 0 Å². The Morgan fingerprint density at radius 2 is 1.67 bits per heavy atom. The SMILES string of the molecule is O=c1oc2ccccc2n1CN1CCN(CCOc2ccc(Cl)cc2)CC1. The van der Waals surface area contributed by atoms with Gasteiger partial charge in [-0.2, -0.15) is 0 Å². The number of fused-ring (bicyclic) bond motifs is 1. The fourth-order valence-corrected chi connectivity index (χ4v) is 3.45. The minimum absolute atomic E-state index is 0.296. The average molecular weight is 388 g/mol. The highest BCUT2D eigenvalue weighted by Gasteiger charge is 2.19. The molecule has 1 aliphatic heterocycles. The topological polar surface area (TPSA) is 50.9 Å². The fraction of sp³-hybridized carbons (Fsp3) is 0.350. The van der Waals surface area contributed by atoms with Gasteiger partial charge in [0.2, 0.25) is 0 Å². The molecule has 1 aromatic heterocycles. The van der Waals surface area contributed by atoms with Crippen molar-refractivity contribution in [1.29, 1.82) is 0 Å². The first-order valence-corrected chi connectivity index (χ1v) is 9.48. The van der Waals surface area contributed by atoms with Crippen molar-refractivity contribution < 1.29 is 9.15 Å². The van der Waals surface area contributed by atoms with Gasteiger partial charge in [-0.3, -0.25) is 14.4 Å². The van der Waals surface area contributed by atoms with Gasteiger partial charge >= 0.3 is 5.76 Å². The van der Waals surface area contributed by atoms with Crippen LogP contribution in [-0.2, 0) is 6.67 Å². The highest BCUT2D eigenvalue weighted by Crippen LogP contribution is 2.16. The molecule has 6 nitrogen and oxygen atoms in total. The predicted molar refractivity (Wildman–Crippen MR) is 105 cm³/mol. The largest absolute Gasteiger partial charge is 0.492 e. The number of aromatic nitrogens is 1. The zero-order valence-electron chi connectivity index (χ0n) is 15.0. The molecule has 0 aliphatic carbocycles. The van der Waals surface area contributed by atoms with Crippen molar-refractivity contribution in [2.75, 3.05) is 39.3 Å². The Morgan fingerprint density at radius 3 is 2.44 bits per heavy atom. The summed E-state index contributed by atoms with van der Waals surface area (Å²) in [6, 6.07) is 15.0. The minimum Gasteiger partial charge on any atom is -0.492 e. The summed E-state index contributed by atoms with van der Waals surface area (Å²) in [5.74, 6) is 0.541. The van der Waals surface area contributed by atoms with Crippen LogP contribution in [0.2, 0.25) is 5.02 Å². The molecule has 7 heteroatoms. The summed E-state index contributed by atoms with van der Waals surface area (Å²) in [5.41, 5.74) is 1.49. The third-order valence-corrected chi connectivity index (χ3v) is 5.12. The second kappa shape index (κ2) is 8.17. The molecule has 2 aromatic carbocycles. The van der Waals surface area contributed by atoms with E-state index in [1.54, 1.807) is 4.57 Å². The number of nitrogens with zero attached hydrogens (tertiary/aromatic N) is 3. The van der Waals surface area contributed by atoms with E-state index >= 15 is 0 Å². The van der Waals surface area contributed by atoms with Crippen LogP contribution in [-0.4, -0.2) is 53.7 Å². The van der Waals surface area contributed by atoms with E-state index in [2.05, 4.69) is 9.80 Å². The average Bonchev–Trinajstić information content (AvgIpc) is 3.00. The van der Waals surface area contributed by atoms with E-state index in [1.165, 1.54) is 0 Å². The quantitative estimate of drug-likeness (QED) is 0.651. The Balaban J connectivity index is 1.26. The van der Waals surface area contributed by atoms with Crippen LogP contribution in [0.25, 0.3) is 11.1 Å². The van der Waals surface area contributed by atoms with Gasteiger partial charge in [-0.1, -0.05) is 23.7 Å². The van der Waals surface area contributed by atoms with Crippen molar-refractivity contribution in [3.63, 3.8) is 0 Å². The Hall–Kier alpha value is -2.28. The first-order valence-electron chi connectivity index (χ1n) is 9.10. The zero-order valence-corrected chi connectivity index (χ0v) is 15.8. The van der Waals surface area contributed by atoms with Crippen molar-refractivity contribution in [2.45, 2.75) is 6.67 Å². The lowest BCUT2D eigenvalue weighted by molar-refractivity contribution is 0.0953. The first-order chi connectivity index (χ1) is 13.2. The van der Waals surface area contributed by atoms with Gasteiger partial charge in [-0.15, -0.1) is 0 Å². The number of piperazine rings is 1. The molecular formula is C20H22ClN3O3. The molecule has 4 rings (SSSR count). The summed E-state index contributed by atoms with van der Waals surface area (Å²) in [7, 11) is 0. The molecule has 1 aliphatic rings. The summed E-state index contributed by atoms with van der Waals surface area (Å²) in [6.45, 7) is 5.81.